The summed E-state index contributed by atoms with van der Waals surface area (Å²) >= 11 is 0. The van der Waals surface area contributed by atoms with Crippen molar-refractivity contribution in [2.24, 2.45) is 0 Å². The first kappa shape index (κ1) is 27.0. The lowest BCUT2D eigenvalue weighted by molar-refractivity contribution is 0.0671. The fraction of sp³-hybridized carbons (Fsp3) is 0.250. The van der Waals surface area contributed by atoms with Gasteiger partial charge in [-0.3, -0.25) is 4.79 Å². The van der Waals surface area contributed by atoms with Gasteiger partial charge in [-0.05, 0) is 73.0 Å². The van der Waals surface area contributed by atoms with Gasteiger partial charge in [-0.25, -0.2) is 9.18 Å². The maximum absolute atomic E-state index is 15.0. The molecule has 0 aliphatic carbocycles. The number of para-hydroxylation sites is 2. The number of rotatable bonds is 6. The molecule has 0 unspecified atom stereocenters. The average molecular weight is 541 g/mol. The summed E-state index contributed by atoms with van der Waals surface area (Å²) in [6.45, 7) is 5.54. The molecule has 1 fully saturated rings. The van der Waals surface area contributed by atoms with Crippen molar-refractivity contribution in [3.63, 3.8) is 0 Å². The Kier molecular flexibility index (Phi) is 7.86. The van der Waals surface area contributed by atoms with Crippen LogP contribution in [-0.4, -0.2) is 59.6 Å². The van der Waals surface area contributed by atoms with Crippen LogP contribution < -0.4 is 10.1 Å². The van der Waals surface area contributed by atoms with Gasteiger partial charge in [0.05, 0.1) is 24.1 Å². The number of amides is 3. The van der Waals surface area contributed by atoms with Crippen LogP contribution in [0.5, 0.6) is 5.75 Å². The van der Waals surface area contributed by atoms with Crippen molar-refractivity contribution in [2.45, 2.75) is 20.3 Å². The van der Waals surface area contributed by atoms with Crippen molar-refractivity contribution in [1.82, 2.24) is 14.4 Å². The fourth-order valence-electron chi connectivity index (χ4n) is 5.17. The standard InChI is InChI=1S/C32H33FN4O3/c1-4-23-9-5-7-11-28(23)34-32(39)36-19-17-35(18-20-36)31(38)26-21-30(24-13-15-25(40-3)16-14-24)37(22(26)2)29-12-8-6-10-27(29)33/h5-16,21H,4,17-20H2,1-3H3,(H,34,39). The summed E-state index contributed by atoms with van der Waals surface area (Å²) in [5, 5.41) is 3.01. The Morgan fingerprint density at radius 3 is 2.23 bits per heavy atom. The predicted molar refractivity (Wildman–Crippen MR) is 155 cm³/mol. The molecule has 1 aromatic heterocycles. The predicted octanol–water partition coefficient (Wildman–Crippen LogP) is 6.15. The van der Waals surface area contributed by atoms with Crippen molar-refractivity contribution in [2.75, 3.05) is 38.6 Å². The molecule has 8 heteroatoms. The molecule has 1 saturated heterocycles. The number of hydrogen-bond acceptors (Lipinski definition) is 3. The zero-order chi connectivity index (χ0) is 28.2. The van der Waals surface area contributed by atoms with Crippen molar-refractivity contribution in [3.8, 4) is 22.7 Å². The Bertz CT molecular complexity index is 1520. The molecule has 4 aromatic rings. The minimum absolute atomic E-state index is 0.140. The average Bonchev–Trinajstić information content (AvgIpc) is 3.33. The molecule has 2 heterocycles. The van der Waals surface area contributed by atoms with Crippen LogP contribution in [0.1, 0.15) is 28.5 Å². The van der Waals surface area contributed by atoms with E-state index in [0.29, 0.717) is 54.6 Å². The highest BCUT2D eigenvalue weighted by molar-refractivity contribution is 5.98. The third-order valence-electron chi connectivity index (χ3n) is 7.45. The molecular weight excluding hydrogens is 507 g/mol. The SMILES string of the molecule is CCc1ccccc1NC(=O)N1CCN(C(=O)c2cc(-c3ccc(OC)cc3)n(-c3ccccc3F)c2C)CC1. The molecular formula is C32H33FN4O3. The van der Waals surface area contributed by atoms with Crippen LogP contribution in [0.2, 0.25) is 0 Å². The number of hydrogen-bond donors (Lipinski definition) is 1. The van der Waals surface area contributed by atoms with Gasteiger partial charge in [-0.15, -0.1) is 0 Å². The lowest BCUT2D eigenvalue weighted by Crippen LogP contribution is -2.51. The van der Waals surface area contributed by atoms with Gasteiger partial charge in [0.15, 0.2) is 0 Å². The molecule has 3 aromatic carbocycles. The maximum atomic E-state index is 15.0. The third-order valence-corrected chi connectivity index (χ3v) is 7.45. The second-order valence-electron chi connectivity index (χ2n) is 9.76. The molecule has 1 N–H and O–H groups in total. The minimum atomic E-state index is -0.376. The molecule has 3 amide bonds. The lowest BCUT2D eigenvalue weighted by atomic mass is 10.1. The van der Waals surface area contributed by atoms with E-state index >= 15 is 0 Å². The van der Waals surface area contributed by atoms with E-state index in [9.17, 15) is 14.0 Å². The van der Waals surface area contributed by atoms with E-state index in [1.54, 1.807) is 39.7 Å². The second kappa shape index (κ2) is 11.7. The molecule has 1 aliphatic rings. The molecule has 0 spiro atoms. The summed E-state index contributed by atoms with van der Waals surface area (Å²) < 4.78 is 22.1. The number of ether oxygens (including phenoxy) is 1. The number of carbonyl (C=O) groups excluding carboxylic acids is 2. The number of urea groups is 1. The van der Waals surface area contributed by atoms with Crippen LogP contribution in [0.15, 0.2) is 78.9 Å². The first-order chi connectivity index (χ1) is 19.4. The number of carbonyl (C=O) groups is 2. The smallest absolute Gasteiger partial charge is 0.321 e. The summed E-state index contributed by atoms with van der Waals surface area (Å²) in [4.78, 5) is 30.2. The van der Waals surface area contributed by atoms with Crippen molar-refractivity contribution in [3.05, 3.63) is 102 Å². The van der Waals surface area contributed by atoms with E-state index in [2.05, 4.69) is 12.2 Å². The lowest BCUT2D eigenvalue weighted by Gasteiger charge is -2.35. The number of nitrogens with zero attached hydrogens (tertiary/aromatic N) is 3. The Hall–Kier alpha value is -4.59. The molecule has 0 bridgehead atoms. The van der Waals surface area contributed by atoms with Gasteiger partial charge in [0.2, 0.25) is 0 Å². The van der Waals surface area contributed by atoms with Gasteiger partial charge in [0, 0.05) is 37.6 Å². The van der Waals surface area contributed by atoms with E-state index in [1.165, 1.54) is 6.07 Å². The normalized spacial score (nSPS) is 13.3. The maximum Gasteiger partial charge on any atom is 0.321 e. The number of aromatic nitrogens is 1. The van der Waals surface area contributed by atoms with Crippen LogP contribution in [0.3, 0.4) is 0 Å². The highest BCUT2D eigenvalue weighted by atomic mass is 19.1. The Morgan fingerprint density at radius 1 is 0.900 bits per heavy atom. The molecule has 206 valence electrons. The summed E-state index contributed by atoms with van der Waals surface area (Å²) in [6.07, 6.45) is 0.823. The highest BCUT2D eigenvalue weighted by Crippen LogP contribution is 2.32. The summed E-state index contributed by atoms with van der Waals surface area (Å²) in [5.41, 5.74) is 4.96. The Labute approximate surface area is 233 Å². The number of halogens is 1. The molecule has 0 atom stereocenters. The van der Waals surface area contributed by atoms with Gasteiger partial charge < -0.3 is 24.4 Å². The number of piperazine rings is 1. The largest absolute Gasteiger partial charge is 0.497 e. The third kappa shape index (κ3) is 5.30. The topological polar surface area (TPSA) is 66.8 Å². The number of nitrogens with one attached hydrogen (secondary N) is 1. The van der Waals surface area contributed by atoms with E-state index in [4.69, 9.17) is 4.74 Å². The van der Waals surface area contributed by atoms with Gasteiger partial charge in [-0.2, -0.15) is 0 Å². The molecule has 1 aliphatic heterocycles. The molecule has 7 nitrogen and oxygen atoms in total. The minimum Gasteiger partial charge on any atom is -0.497 e. The molecule has 0 saturated carbocycles. The summed E-state index contributed by atoms with van der Waals surface area (Å²) in [5.74, 6) is 0.193. The van der Waals surface area contributed by atoms with Gasteiger partial charge in [0.25, 0.3) is 5.91 Å². The fourth-order valence-corrected chi connectivity index (χ4v) is 5.17. The zero-order valence-electron chi connectivity index (χ0n) is 23.0. The quantitative estimate of drug-likeness (QED) is 0.319. The molecule has 40 heavy (non-hydrogen) atoms. The summed E-state index contributed by atoms with van der Waals surface area (Å²) in [7, 11) is 1.60. The van der Waals surface area contributed by atoms with Crippen LogP contribution in [0.25, 0.3) is 16.9 Å². The Morgan fingerprint density at radius 2 is 1.55 bits per heavy atom. The van der Waals surface area contributed by atoms with Gasteiger partial charge >= 0.3 is 6.03 Å². The van der Waals surface area contributed by atoms with Crippen LogP contribution >= 0.6 is 0 Å². The van der Waals surface area contributed by atoms with Crippen LogP contribution in [0, 0.1) is 12.7 Å². The molecule has 5 rings (SSSR count). The first-order valence-corrected chi connectivity index (χ1v) is 13.5. The summed E-state index contributed by atoms with van der Waals surface area (Å²) in [6, 6.07) is 23.4. The van der Waals surface area contributed by atoms with E-state index in [0.717, 1.165) is 23.2 Å². The zero-order valence-corrected chi connectivity index (χ0v) is 23.0. The second-order valence-corrected chi connectivity index (χ2v) is 9.76. The Balaban J connectivity index is 1.38. The van der Waals surface area contributed by atoms with Crippen molar-refractivity contribution >= 4 is 17.6 Å². The highest BCUT2D eigenvalue weighted by Gasteiger charge is 2.29. The molecule has 0 radical (unpaired) electrons. The van der Waals surface area contributed by atoms with E-state index in [-0.39, 0.29) is 17.8 Å². The number of benzene rings is 3. The van der Waals surface area contributed by atoms with Crippen molar-refractivity contribution in [1.29, 1.82) is 0 Å². The van der Waals surface area contributed by atoms with Gasteiger partial charge in [0.1, 0.15) is 11.6 Å². The van der Waals surface area contributed by atoms with Crippen LogP contribution in [-0.2, 0) is 6.42 Å². The number of anilines is 1. The first-order valence-electron chi connectivity index (χ1n) is 13.5. The number of aryl methyl sites for hydroxylation is 1. The van der Waals surface area contributed by atoms with Gasteiger partial charge in [-0.1, -0.05) is 37.3 Å². The van der Waals surface area contributed by atoms with E-state index < -0.39 is 0 Å². The van der Waals surface area contributed by atoms with Crippen molar-refractivity contribution < 1.29 is 18.7 Å². The number of methoxy groups -OCH3 is 1. The van der Waals surface area contributed by atoms with Crippen LogP contribution in [0.4, 0.5) is 14.9 Å². The van der Waals surface area contributed by atoms with E-state index in [1.807, 2.05) is 61.5 Å². The monoisotopic (exact) mass is 540 g/mol.